The monoisotopic (exact) mass is 412 g/mol. The van der Waals surface area contributed by atoms with Gasteiger partial charge in [0.25, 0.3) is 0 Å². The SMILES string of the molecule is CN(C)CCN(C)C(CCCC=C(C=O)COc1cccc2ccccc12)C(=O)O. The summed E-state index contributed by atoms with van der Waals surface area (Å²) in [4.78, 5) is 26.9. The highest BCUT2D eigenvalue weighted by Gasteiger charge is 2.21. The quantitative estimate of drug-likeness (QED) is 0.309. The van der Waals surface area contributed by atoms with Crippen LogP contribution in [0.2, 0.25) is 0 Å². The highest BCUT2D eigenvalue weighted by molar-refractivity contribution is 5.88. The summed E-state index contributed by atoms with van der Waals surface area (Å²) in [7, 11) is 5.78. The molecule has 0 fully saturated rings. The standard InChI is InChI=1S/C24H32N2O4/c1-25(2)15-16-26(3)22(24(28)29)13-7-4-9-19(17-27)18-30-23-14-8-11-20-10-5-6-12-21(20)23/h5-6,8-12,14,17,22H,4,7,13,15-16,18H2,1-3H3,(H,28,29). The number of carboxylic acids is 1. The van der Waals surface area contributed by atoms with Crippen molar-refractivity contribution in [2.75, 3.05) is 40.8 Å². The number of aliphatic carboxylic acids is 1. The largest absolute Gasteiger partial charge is 0.488 e. The van der Waals surface area contributed by atoms with Gasteiger partial charge >= 0.3 is 5.97 Å². The molecular formula is C24H32N2O4. The maximum Gasteiger partial charge on any atom is 0.320 e. The molecule has 1 N–H and O–H groups in total. The predicted molar refractivity (Wildman–Crippen MR) is 120 cm³/mol. The molecule has 0 heterocycles. The first-order valence-electron chi connectivity index (χ1n) is 10.2. The van der Waals surface area contributed by atoms with E-state index in [0.717, 1.165) is 29.4 Å². The van der Waals surface area contributed by atoms with Crippen molar-refractivity contribution in [2.45, 2.75) is 25.3 Å². The molecule has 0 amide bonds. The third kappa shape index (κ3) is 7.28. The van der Waals surface area contributed by atoms with Gasteiger partial charge in [-0.25, -0.2) is 0 Å². The van der Waals surface area contributed by atoms with Crippen molar-refractivity contribution in [2.24, 2.45) is 0 Å². The molecule has 0 aliphatic heterocycles. The molecule has 0 saturated heterocycles. The number of ether oxygens (including phenoxy) is 1. The molecule has 6 nitrogen and oxygen atoms in total. The van der Waals surface area contributed by atoms with E-state index in [4.69, 9.17) is 4.74 Å². The third-order valence-corrected chi connectivity index (χ3v) is 5.10. The topological polar surface area (TPSA) is 70.1 Å². The lowest BCUT2D eigenvalue weighted by Gasteiger charge is -2.25. The first-order chi connectivity index (χ1) is 14.4. The number of carbonyl (C=O) groups excluding carboxylic acids is 1. The molecule has 162 valence electrons. The van der Waals surface area contributed by atoms with Crippen LogP contribution in [0.25, 0.3) is 10.8 Å². The Morgan fingerprint density at radius 1 is 1.10 bits per heavy atom. The average molecular weight is 413 g/mol. The minimum atomic E-state index is -0.810. The highest BCUT2D eigenvalue weighted by Crippen LogP contribution is 2.25. The Morgan fingerprint density at radius 2 is 1.83 bits per heavy atom. The summed E-state index contributed by atoms with van der Waals surface area (Å²) >= 11 is 0. The van der Waals surface area contributed by atoms with E-state index in [-0.39, 0.29) is 6.61 Å². The maximum atomic E-state index is 11.6. The molecule has 1 unspecified atom stereocenters. The Balaban J connectivity index is 1.87. The Labute approximate surface area is 178 Å². The lowest BCUT2D eigenvalue weighted by molar-refractivity contribution is -0.143. The molecule has 6 heteroatoms. The smallest absolute Gasteiger partial charge is 0.320 e. The van der Waals surface area contributed by atoms with E-state index in [1.165, 1.54) is 0 Å². The molecule has 2 aromatic rings. The Morgan fingerprint density at radius 3 is 2.53 bits per heavy atom. The van der Waals surface area contributed by atoms with Crippen LogP contribution in [0, 0.1) is 0 Å². The van der Waals surface area contributed by atoms with Crippen molar-refractivity contribution in [3.8, 4) is 5.75 Å². The van der Waals surface area contributed by atoms with Crippen molar-refractivity contribution >= 4 is 23.0 Å². The molecule has 0 aromatic heterocycles. The van der Waals surface area contributed by atoms with Gasteiger partial charge in [0.2, 0.25) is 0 Å². The molecule has 2 rings (SSSR count). The lowest BCUT2D eigenvalue weighted by Crippen LogP contribution is -2.41. The van der Waals surface area contributed by atoms with Gasteiger partial charge in [0, 0.05) is 24.0 Å². The zero-order chi connectivity index (χ0) is 21.9. The summed E-state index contributed by atoms with van der Waals surface area (Å²) in [5.41, 5.74) is 0.566. The van der Waals surface area contributed by atoms with Gasteiger partial charge in [-0.15, -0.1) is 0 Å². The highest BCUT2D eigenvalue weighted by atomic mass is 16.5. The number of hydrogen-bond acceptors (Lipinski definition) is 5. The number of carboxylic acid groups (broad SMARTS) is 1. The van der Waals surface area contributed by atoms with Gasteiger partial charge < -0.3 is 14.7 Å². The molecule has 0 saturated carbocycles. The van der Waals surface area contributed by atoms with Crippen LogP contribution in [0.4, 0.5) is 0 Å². The van der Waals surface area contributed by atoms with Crippen molar-refractivity contribution in [3.63, 3.8) is 0 Å². The number of allylic oxidation sites excluding steroid dienone is 1. The lowest BCUT2D eigenvalue weighted by atomic mass is 10.1. The summed E-state index contributed by atoms with van der Waals surface area (Å²) in [6.07, 6.45) is 4.51. The summed E-state index contributed by atoms with van der Waals surface area (Å²) in [5.74, 6) is -0.0653. The van der Waals surface area contributed by atoms with Gasteiger partial charge in [0.1, 0.15) is 24.7 Å². The van der Waals surface area contributed by atoms with Crippen LogP contribution in [0.15, 0.2) is 54.1 Å². The van der Waals surface area contributed by atoms with Crippen molar-refractivity contribution in [3.05, 3.63) is 54.1 Å². The molecule has 0 spiro atoms. The molecule has 2 aromatic carbocycles. The Bertz CT molecular complexity index is 858. The fraction of sp³-hybridized carbons (Fsp3) is 0.417. The minimum absolute atomic E-state index is 0.197. The van der Waals surface area contributed by atoms with Crippen LogP contribution < -0.4 is 4.74 Å². The second-order valence-electron chi connectivity index (χ2n) is 7.73. The molecule has 1 atom stereocenters. The molecule has 0 radical (unpaired) electrons. The number of fused-ring (bicyclic) bond motifs is 1. The fourth-order valence-electron chi connectivity index (χ4n) is 3.27. The number of aldehydes is 1. The second kappa shape index (κ2) is 12.1. The first-order valence-corrected chi connectivity index (χ1v) is 10.2. The van der Waals surface area contributed by atoms with Crippen LogP contribution in [-0.4, -0.2) is 74.0 Å². The van der Waals surface area contributed by atoms with Crippen molar-refractivity contribution in [1.29, 1.82) is 0 Å². The van der Waals surface area contributed by atoms with E-state index in [1.807, 2.05) is 79.5 Å². The summed E-state index contributed by atoms with van der Waals surface area (Å²) in [6.45, 7) is 1.70. The molecule has 30 heavy (non-hydrogen) atoms. The predicted octanol–water partition coefficient (Wildman–Crippen LogP) is 3.46. The number of unbranched alkanes of at least 4 members (excludes halogenated alkanes) is 1. The van der Waals surface area contributed by atoms with Crippen molar-refractivity contribution in [1.82, 2.24) is 9.80 Å². The van der Waals surface area contributed by atoms with Gasteiger partial charge in [-0.2, -0.15) is 0 Å². The van der Waals surface area contributed by atoms with E-state index < -0.39 is 12.0 Å². The minimum Gasteiger partial charge on any atom is -0.488 e. The van der Waals surface area contributed by atoms with E-state index in [0.29, 0.717) is 31.4 Å². The number of rotatable bonds is 13. The van der Waals surface area contributed by atoms with Crippen LogP contribution in [-0.2, 0) is 9.59 Å². The van der Waals surface area contributed by atoms with Crippen LogP contribution in [0.1, 0.15) is 19.3 Å². The second-order valence-corrected chi connectivity index (χ2v) is 7.73. The maximum absolute atomic E-state index is 11.6. The van der Waals surface area contributed by atoms with Gasteiger partial charge in [-0.1, -0.05) is 42.5 Å². The van der Waals surface area contributed by atoms with E-state index >= 15 is 0 Å². The zero-order valence-corrected chi connectivity index (χ0v) is 18.1. The van der Waals surface area contributed by atoms with E-state index in [2.05, 4.69) is 0 Å². The fourth-order valence-corrected chi connectivity index (χ4v) is 3.27. The zero-order valence-electron chi connectivity index (χ0n) is 18.1. The number of benzene rings is 2. The van der Waals surface area contributed by atoms with Gasteiger partial charge in [0.05, 0.1) is 0 Å². The number of likely N-dealkylation sites (N-methyl/N-ethyl adjacent to an activating group) is 2. The molecule has 0 bridgehead atoms. The average Bonchev–Trinajstić information content (AvgIpc) is 2.73. The van der Waals surface area contributed by atoms with Gasteiger partial charge in [0.15, 0.2) is 0 Å². The van der Waals surface area contributed by atoms with Crippen LogP contribution in [0.3, 0.4) is 0 Å². The normalized spacial score (nSPS) is 13.0. The molecular weight excluding hydrogens is 380 g/mol. The van der Waals surface area contributed by atoms with Crippen molar-refractivity contribution < 1.29 is 19.4 Å². The molecule has 0 aliphatic rings. The first kappa shape index (κ1) is 23.6. The summed E-state index contributed by atoms with van der Waals surface area (Å²) in [5, 5.41) is 11.6. The summed E-state index contributed by atoms with van der Waals surface area (Å²) < 4.78 is 5.87. The number of carbonyl (C=O) groups is 2. The van der Waals surface area contributed by atoms with Crippen LogP contribution in [0.5, 0.6) is 5.75 Å². The van der Waals surface area contributed by atoms with Gasteiger partial charge in [-0.05, 0) is 51.9 Å². The Kier molecular flexibility index (Phi) is 9.51. The number of hydrogen-bond donors (Lipinski definition) is 1. The van der Waals surface area contributed by atoms with Gasteiger partial charge in [-0.3, -0.25) is 14.5 Å². The summed E-state index contributed by atoms with van der Waals surface area (Å²) in [6, 6.07) is 13.3. The van der Waals surface area contributed by atoms with E-state index in [1.54, 1.807) is 0 Å². The number of nitrogens with zero attached hydrogens (tertiary/aromatic N) is 2. The third-order valence-electron chi connectivity index (χ3n) is 5.10. The Hall–Kier alpha value is -2.70. The van der Waals surface area contributed by atoms with E-state index in [9.17, 15) is 14.7 Å². The van der Waals surface area contributed by atoms with Crippen LogP contribution >= 0.6 is 0 Å². The molecule has 0 aliphatic carbocycles.